The van der Waals surface area contributed by atoms with Gasteiger partial charge in [-0.2, -0.15) is 0 Å². The number of hydrogen-bond acceptors (Lipinski definition) is 8. The van der Waals surface area contributed by atoms with Gasteiger partial charge in [0.15, 0.2) is 0 Å². The van der Waals surface area contributed by atoms with Gasteiger partial charge in [0.1, 0.15) is 30.8 Å². The molecule has 6 N–H and O–H groups in total. The minimum atomic E-state index is -1.39. The summed E-state index contributed by atoms with van der Waals surface area (Å²) in [5.41, 5.74) is 1.59. The Morgan fingerprint density at radius 2 is 1.10 bits per heavy atom. The van der Waals surface area contributed by atoms with Crippen LogP contribution < -0.4 is 26.6 Å². The molecule has 5 amide bonds. The fourth-order valence-corrected chi connectivity index (χ4v) is 6.37. The summed E-state index contributed by atoms with van der Waals surface area (Å²) in [7, 11) is 0. The molecule has 0 heterocycles. The van der Waals surface area contributed by atoms with Crippen LogP contribution in [0.5, 0.6) is 0 Å². The van der Waals surface area contributed by atoms with Crippen molar-refractivity contribution in [3.8, 4) is 0 Å². The smallest absolute Gasteiger partial charge is 0.329 e. The maximum absolute atomic E-state index is 13.9. The lowest BCUT2D eigenvalue weighted by Crippen LogP contribution is -2.59. The number of carbonyl (C=O) groups is 6. The molecule has 13 heteroatoms. The molecule has 58 heavy (non-hydrogen) atoms. The first-order chi connectivity index (χ1) is 27.3. The summed E-state index contributed by atoms with van der Waals surface area (Å²) in [5.74, 6) is -3.91. The van der Waals surface area contributed by atoms with Crippen LogP contribution in [-0.4, -0.2) is 76.9 Å². The van der Waals surface area contributed by atoms with Crippen molar-refractivity contribution in [1.82, 2.24) is 26.6 Å². The zero-order valence-electron chi connectivity index (χ0n) is 36.2. The van der Waals surface area contributed by atoms with Crippen molar-refractivity contribution in [2.75, 3.05) is 0 Å². The Labute approximate surface area is 345 Å². The fraction of sp³-hybridized carbons (Fsp3) is 0.600. The second-order valence-corrected chi connectivity index (χ2v) is 16.9. The summed E-state index contributed by atoms with van der Waals surface area (Å²) in [6, 6.07) is 13.5. The van der Waals surface area contributed by atoms with Gasteiger partial charge in [-0.05, 0) is 53.6 Å². The van der Waals surface area contributed by atoms with Crippen molar-refractivity contribution in [3.05, 3.63) is 71.8 Å². The average Bonchev–Trinajstić information content (AvgIpc) is 3.16. The second kappa shape index (κ2) is 24.9. The third kappa shape index (κ3) is 17.4. The Balaban J connectivity index is 2.24. The second-order valence-electron chi connectivity index (χ2n) is 16.9. The largest absolute Gasteiger partial charge is 0.459 e. The van der Waals surface area contributed by atoms with Crippen molar-refractivity contribution < 1.29 is 38.6 Å². The Morgan fingerprint density at radius 1 is 0.586 bits per heavy atom. The molecular weight excluding hydrogens is 739 g/mol. The molecule has 0 saturated heterocycles. The molecule has 13 nitrogen and oxygen atoms in total. The number of aliphatic hydroxyl groups excluding tert-OH is 1. The predicted molar refractivity (Wildman–Crippen MR) is 225 cm³/mol. The lowest BCUT2D eigenvalue weighted by Gasteiger charge is -2.30. The first-order valence-electron chi connectivity index (χ1n) is 20.7. The number of hydrogen-bond donors (Lipinski definition) is 6. The van der Waals surface area contributed by atoms with E-state index in [4.69, 9.17) is 4.74 Å². The zero-order chi connectivity index (χ0) is 43.5. The SMILES string of the molecule is CC[C@H](C)[C@H](NC(=O)C[C@H](O)[C@H](Cc1ccccc1)NC(=O)C(NC(=O)C(CC(C)C)NC(=O)CC(C)C)C(C)C)C(=O)NC(C(=O)OCc1ccccc1)C(C)C. The highest BCUT2D eigenvalue weighted by Gasteiger charge is 2.35. The lowest BCUT2D eigenvalue weighted by atomic mass is 9.95. The van der Waals surface area contributed by atoms with Gasteiger partial charge in [-0.1, -0.05) is 136 Å². The Morgan fingerprint density at radius 3 is 1.62 bits per heavy atom. The maximum Gasteiger partial charge on any atom is 0.329 e. The summed E-state index contributed by atoms with van der Waals surface area (Å²) in [4.78, 5) is 80.6. The van der Waals surface area contributed by atoms with E-state index in [1.807, 2.05) is 95.3 Å². The van der Waals surface area contributed by atoms with Crippen LogP contribution in [0.4, 0.5) is 0 Å². The van der Waals surface area contributed by atoms with E-state index >= 15 is 0 Å². The molecular formula is C45H69N5O8. The van der Waals surface area contributed by atoms with E-state index in [1.54, 1.807) is 34.6 Å². The molecule has 0 saturated carbocycles. The molecule has 0 aliphatic heterocycles. The highest BCUT2D eigenvalue weighted by molar-refractivity contribution is 5.93. The first kappa shape index (κ1) is 49.4. The number of aliphatic hydroxyl groups is 1. The number of nitrogens with one attached hydrogen (secondary N) is 5. The number of rotatable bonds is 24. The van der Waals surface area contributed by atoms with Gasteiger partial charge in [0.05, 0.1) is 18.6 Å². The topological polar surface area (TPSA) is 192 Å². The number of esters is 1. The van der Waals surface area contributed by atoms with Crippen LogP contribution in [0.3, 0.4) is 0 Å². The van der Waals surface area contributed by atoms with E-state index in [-0.39, 0.29) is 54.9 Å². The van der Waals surface area contributed by atoms with E-state index in [9.17, 15) is 33.9 Å². The zero-order valence-corrected chi connectivity index (χ0v) is 36.2. The van der Waals surface area contributed by atoms with Crippen molar-refractivity contribution in [1.29, 1.82) is 0 Å². The summed E-state index contributed by atoms with van der Waals surface area (Å²) in [6.45, 7) is 18.6. The molecule has 3 unspecified atom stereocenters. The van der Waals surface area contributed by atoms with Crippen LogP contribution in [0.2, 0.25) is 0 Å². The van der Waals surface area contributed by atoms with Crippen LogP contribution in [0.25, 0.3) is 0 Å². The fourth-order valence-electron chi connectivity index (χ4n) is 6.37. The summed E-state index contributed by atoms with van der Waals surface area (Å²) in [6.07, 6.45) is -0.528. The number of benzene rings is 2. The van der Waals surface area contributed by atoms with E-state index in [2.05, 4.69) is 26.6 Å². The van der Waals surface area contributed by atoms with Gasteiger partial charge in [0.2, 0.25) is 29.5 Å². The highest BCUT2D eigenvalue weighted by Crippen LogP contribution is 2.16. The summed E-state index contributed by atoms with van der Waals surface area (Å²) >= 11 is 0. The molecule has 7 atom stereocenters. The predicted octanol–water partition coefficient (Wildman–Crippen LogP) is 4.60. The molecule has 0 fully saturated rings. The lowest BCUT2D eigenvalue weighted by molar-refractivity contribution is -0.151. The number of ether oxygens (including phenoxy) is 1. The quantitative estimate of drug-likeness (QED) is 0.0830. The summed E-state index contributed by atoms with van der Waals surface area (Å²) in [5, 5.41) is 25.7. The molecule has 0 radical (unpaired) electrons. The van der Waals surface area contributed by atoms with E-state index in [0.29, 0.717) is 12.8 Å². The van der Waals surface area contributed by atoms with Gasteiger partial charge in [-0.15, -0.1) is 0 Å². The van der Waals surface area contributed by atoms with Gasteiger partial charge in [0.25, 0.3) is 0 Å². The van der Waals surface area contributed by atoms with Gasteiger partial charge in [0, 0.05) is 6.42 Å². The normalized spacial score (nSPS) is 15.1. The van der Waals surface area contributed by atoms with Gasteiger partial charge in [-0.3, -0.25) is 24.0 Å². The Kier molecular flexibility index (Phi) is 21.2. The Hall–Kier alpha value is -4.78. The maximum atomic E-state index is 13.9. The molecule has 0 aromatic heterocycles. The highest BCUT2D eigenvalue weighted by atomic mass is 16.5. The standard InChI is InChI=1S/C45H69N5O8/c1-11-31(10)41(44(56)50-40(30(8)9)45(57)58-26-33-20-16-13-17-21-33)48-38(53)25-36(51)34(24-32-18-14-12-15-19-32)47-43(55)39(29(6)7)49-42(54)35(22-27(2)3)46-37(52)23-28(4)5/h12-21,27-31,34-36,39-41,51H,11,22-26H2,1-10H3,(H,46,52)(H,47,55)(H,48,53)(H,49,54)(H,50,56)/t31-,34-,35?,36-,39?,40?,41-/m0/s1. The van der Waals surface area contributed by atoms with E-state index in [0.717, 1.165) is 11.1 Å². The van der Waals surface area contributed by atoms with Crippen LogP contribution in [0, 0.1) is 29.6 Å². The monoisotopic (exact) mass is 808 g/mol. The van der Waals surface area contributed by atoms with Crippen molar-refractivity contribution in [3.63, 3.8) is 0 Å². The van der Waals surface area contributed by atoms with Gasteiger partial charge in [-0.25, -0.2) is 4.79 Å². The van der Waals surface area contributed by atoms with Crippen molar-refractivity contribution in [2.45, 2.75) is 144 Å². The van der Waals surface area contributed by atoms with Gasteiger partial charge >= 0.3 is 5.97 Å². The molecule has 2 rings (SSSR count). The third-order valence-corrected chi connectivity index (χ3v) is 9.94. The molecule has 322 valence electrons. The van der Waals surface area contributed by atoms with Crippen LogP contribution >= 0.6 is 0 Å². The minimum Gasteiger partial charge on any atom is -0.459 e. The van der Waals surface area contributed by atoms with Crippen molar-refractivity contribution >= 4 is 35.5 Å². The Bertz CT molecular complexity index is 1600. The van der Waals surface area contributed by atoms with Crippen molar-refractivity contribution in [2.24, 2.45) is 29.6 Å². The van der Waals surface area contributed by atoms with E-state index in [1.165, 1.54) is 0 Å². The number of amides is 5. The molecule has 0 spiro atoms. The van der Waals surface area contributed by atoms with Crippen LogP contribution in [0.15, 0.2) is 60.7 Å². The van der Waals surface area contributed by atoms with E-state index < -0.39 is 72.3 Å². The molecule has 0 bridgehead atoms. The molecule has 0 aliphatic rings. The van der Waals surface area contributed by atoms with Crippen LogP contribution in [-0.2, 0) is 46.5 Å². The van der Waals surface area contributed by atoms with Gasteiger partial charge < -0.3 is 36.4 Å². The van der Waals surface area contributed by atoms with Crippen LogP contribution in [0.1, 0.15) is 106 Å². The minimum absolute atomic E-state index is 0.0441. The third-order valence-electron chi connectivity index (χ3n) is 9.94. The summed E-state index contributed by atoms with van der Waals surface area (Å²) < 4.78 is 5.52. The molecule has 2 aromatic rings. The molecule has 0 aliphatic carbocycles. The first-order valence-corrected chi connectivity index (χ1v) is 20.7. The molecule has 2 aromatic carbocycles. The number of carbonyl (C=O) groups excluding carboxylic acids is 6. The average molecular weight is 808 g/mol.